The van der Waals surface area contributed by atoms with Gasteiger partial charge in [-0.25, -0.2) is 0 Å². The number of hydrogen-bond donors (Lipinski definition) is 0. The Morgan fingerprint density at radius 2 is 2.18 bits per heavy atom. The Bertz CT molecular complexity index is 273. The van der Waals surface area contributed by atoms with Crippen molar-refractivity contribution in [2.45, 2.75) is 6.92 Å². The van der Waals surface area contributed by atoms with Gasteiger partial charge < -0.3 is 0 Å². The maximum absolute atomic E-state index is 10.5. The van der Waals surface area contributed by atoms with Crippen molar-refractivity contribution in [2.24, 2.45) is 0 Å². The third kappa shape index (κ3) is 1.82. The minimum Gasteiger partial charge on any atom is -0.298 e. The van der Waals surface area contributed by atoms with Crippen LogP contribution >= 0.6 is 27.5 Å². The Balaban J connectivity index is 3.36. The van der Waals surface area contributed by atoms with Crippen molar-refractivity contribution in [2.75, 3.05) is 0 Å². The first-order chi connectivity index (χ1) is 5.15. The number of benzene rings is 1. The Hall–Kier alpha value is -0.340. The lowest BCUT2D eigenvalue weighted by atomic mass is 10.1. The van der Waals surface area contributed by atoms with E-state index in [0.717, 1.165) is 16.3 Å². The molecule has 0 aliphatic heterocycles. The summed E-state index contributed by atoms with van der Waals surface area (Å²) in [4.78, 5) is 10.5. The monoisotopic (exact) mass is 232 g/mol. The van der Waals surface area contributed by atoms with E-state index in [1.807, 2.05) is 13.0 Å². The summed E-state index contributed by atoms with van der Waals surface area (Å²) >= 11 is 9.05. The van der Waals surface area contributed by atoms with Crippen LogP contribution in [0.1, 0.15) is 15.9 Å². The van der Waals surface area contributed by atoms with Crippen molar-refractivity contribution >= 4 is 33.8 Å². The highest BCUT2D eigenvalue weighted by atomic mass is 79.9. The number of hydrogen-bond acceptors (Lipinski definition) is 1. The average Bonchev–Trinajstić information content (AvgIpc) is 1.85. The third-order valence-corrected chi connectivity index (χ3v) is 2.19. The molecular formula is C8H6BrClO. The van der Waals surface area contributed by atoms with Gasteiger partial charge >= 0.3 is 0 Å². The predicted octanol–water partition coefficient (Wildman–Crippen LogP) is 3.22. The molecule has 58 valence electrons. The van der Waals surface area contributed by atoms with Crippen LogP contribution in [-0.4, -0.2) is 6.29 Å². The van der Waals surface area contributed by atoms with Gasteiger partial charge in [-0.2, -0.15) is 0 Å². The molecule has 0 aliphatic carbocycles. The van der Waals surface area contributed by atoms with Crippen LogP contribution in [0.4, 0.5) is 0 Å². The molecule has 0 fully saturated rings. The van der Waals surface area contributed by atoms with Crippen molar-refractivity contribution in [1.29, 1.82) is 0 Å². The van der Waals surface area contributed by atoms with Crippen LogP contribution in [0.25, 0.3) is 0 Å². The fourth-order valence-electron chi connectivity index (χ4n) is 0.863. The predicted molar refractivity (Wildman–Crippen MR) is 49.3 cm³/mol. The summed E-state index contributed by atoms with van der Waals surface area (Å²) in [5, 5.41) is 0.492. The lowest BCUT2D eigenvalue weighted by Gasteiger charge is -2.00. The Kier molecular flexibility index (Phi) is 2.68. The molecule has 3 heteroatoms. The molecule has 1 nitrogen and oxygen atoms in total. The van der Waals surface area contributed by atoms with Gasteiger partial charge in [0.05, 0.1) is 5.02 Å². The Morgan fingerprint density at radius 3 is 2.64 bits per heavy atom. The van der Waals surface area contributed by atoms with Gasteiger partial charge in [0, 0.05) is 10.0 Å². The van der Waals surface area contributed by atoms with Crippen LogP contribution in [0.2, 0.25) is 5.02 Å². The number of carbonyl (C=O) groups excluding carboxylic acids is 1. The van der Waals surface area contributed by atoms with Gasteiger partial charge in [0.1, 0.15) is 0 Å². The van der Waals surface area contributed by atoms with Gasteiger partial charge in [-0.15, -0.1) is 0 Å². The zero-order chi connectivity index (χ0) is 8.43. The zero-order valence-electron chi connectivity index (χ0n) is 5.90. The molecule has 0 saturated carbocycles. The fourth-order valence-corrected chi connectivity index (χ4v) is 1.88. The molecule has 0 spiro atoms. The smallest absolute Gasteiger partial charge is 0.151 e. The first-order valence-electron chi connectivity index (χ1n) is 3.06. The van der Waals surface area contributed by atoms with E-state index in [1.165, 1.54) is 0 Å². The Morgan fingerprint density at radius 1 is 1.55 bits per heavy atom. The maximum Gasteiger partial charge on any atom is 0.151 e. The van der Waals surface area contributed by atoms with E-state index < -0.39 is 0 Å². The highest BCUT2D eigenvalue weighted by Crippen LogP contribution is 2.23. The van der Waals surface area contributed by atoms with Gasteiger partial charge in [0.25, 0.3) is 0 Å². The molecular weight excluding hydrogens is 227 g/mol. The molecule has 0 saturated heterocycles. The maximum atomic E-state index is 10.5. The van der Waals surface area contributed by atoms with Gasteiger partial charge in [-0.1, -0.05) is 27.5 Å². The average molecular weight is 233 g/mol. The molecule has 1 aromatic carbocycles. The first kappa shape index (κ1) is 8.75. The molecule has 1 aromatic rings. The van der Waals surface area contributed by atoms with Crippen molar-refractivity contribution in [1.82, 2.24) is 0 Å². The molecule has 0 unspecified atom stereocenters. The second kappa shape index (κ2) is 3.37. The summed E-state index contributed by atoms with van der Waals surface area (Å²) in [7, 11) is 0. The van der Waals surface area contributed by atoms with Gasteiger partial charge in [-0.05, 0) is 24.6 Å². The van der Waals surface area contributed by atoms with E-state index in [2.05, 4.69) is 15.9 Å². The van der Waals surface area contributed by atoms with Crippen LogP contribution < -0.4 is 0 Å². The van der Waals surface area contributed by atoms with Crippen LogP contribution in [0, 0.1) is 6.92 Å². The summed E-state index contributed by atoms with van der Waals surface area (Å²) < 4.78 is 0.894. The molecule has 0 atom stereocenters. The van der Waals surface area contributed by atoms with E-state index in [0.29, 0.717) is 10.6 Å². The minimum atomic E-state index is 0.492. The quantitative estimate of drug-likeness (QED) is 0.681. The highest BCUT2D eigenvalue weighted by molar-refractivity contribution is 9.10. The van der Waals surface area contributed by atoms with Crippen LogP contribution in [0.3, 0.4) is 0 Å². The Labute approximate surface area is 78.5 Å². The van der Waals surface area contributed by atoms with Gasteiger partial charge in [-0.3, -0.25) is 4.79 Å². The standard InChI is InChI=1S/C8H6BrClO/c1-5-2-6(9)3-8(10)7(5)4-11/h2-4H,1H3. The van der Waals surface area contributed by atoms with Gasteiger partial charge in [0.2, 0.25) is 0 Å². The highest BCUT2D eigenvalue weighted by Gasteiger charge is 2.03. The number of rotatable bonds is 1. The van der Waals surface area contributed by atoms with E-state index in [1.54, 1.807) is 6.07 Å². The van der Waals surface area contributed by atoms with E-state index in [4.69, 9.17) is 11.6 Å². The van der Waals surface area contributed by atoms with Crippen molar-refractivity contribution < 1.29 is 4.79 Å². The molecule has 1 rings (SSSR count). The first-order valence-corrected chi connectivity index (χ1v) is 4.23. The third-order valence-electron chi connectivity index (χ3n) is 1.42. The fraction of sp³-hybridized carbons (Fsp3) is 0.125. The van der Waals surface area contributed by atoms with Crippen molar-refractivity contribution in [3.63, 3.8) is 0 Å². The molecule has 0 N–H and O–H groups in total. The summed E-state index contributed by atoms with van der Waals surface area (Å²) in [6.07, 6.45) is 0.768. The molecule has 0 aliphatic rings. The van der Waals surface area contributed by atoms with Crippen LogP contribution in [0.5, 0.6) is 0 Å². The van der Waals surface area contributed by atoms with Crippen LogP contribution in [-0.2, 0) is 0 Å². The largest absolute Gasteiger partial charge is 0.298 e. The van der Waals surface area contributed by atoms with Crippen LogP contribution in [0.15, 0.2) is 16.6 Å². The molecule has 0 radical (unpaired) electrons. The summed E-state index contributed by atoms with van der Waals surface area (Å²) in [5.41, 5.74) is 1.45. The van der Waals surface area contributed by atoms with E-state index >= 15 is 0 Å². The second-order valence-corrected chi connectivity index (χ2v) is 3.56. The zero-order valence-corrected chi connectivity index (χ0v) is 8.24. The number of aldehydes is 1. The second-order valence-electron chi connectivity index (χ2n) is 2.24. The van der Waals surface area contributed by atoms with E-state index in [9.17, 15) is 4.79 Å². The number of carbonyl (C=O) groups is 1. The lowest BCUT2D eigenvalue weighted by molar-refractivity contribution is 0.112. The molecule has 0 heterocycles. The topological polar surface area (TPSA) is 17.1 Å². The molecule has 11 heavy (non-hydrogen) atoms. The normalized spacial score (nSPS) is 9.73. The SMILES string of the molecule is Cc1cc(Br)cc(Cl)c1C=O. The summed E-state index contributed by atoms with van der Waals surface area (Å²) in [5.74, 6) is 0. The number of halogens is 2. The van der Waals surface area contributed by atoms with Crippen molar-refractivity contribution in [3.05, 3.63) is 32.8 Å². The summed E-state index contributed by atoms with van der Waals surface area (Å²) in [6.45, 7) is 1.85. The number of aryl methyl sites for hydroxylation is 1. The molecule has 0 bridgehead atoms. The lowest BCUT2D eigenvalue weighted by Crippen LogP contribution is -1.87. The molecule has 0 aromatic heterocycles. The van der Waals surface area contributed by atoms with Crippen molar-refractivity contribution in [3.8, 4) is 0 Å². The summed E-state index contributed by atoms with van der Waals surface area (Å²) in [6, 6.07) is 3.56. The molecule has 0 amide bonds. The van der Waals surface area contributed by atoms with Gasteiger partial charge in [0.15, 0.2) is 6.29 Å². The van der Waals surface area contributed by atoms with E-state index in [-0.39, 0.29) is 0 Å². The minimum absolute atomic E-state index is 0.492.